The van der Waals surface area contributed by atoms with E-state index < -0.39 is 28.9 Å². The van der Waals surface area contributed by atoms with Gasteiger partial charge in [0.05, 0.1) is 0 Å². The van der Waals surface area contributed by atoms with Crippen molar-refractivity contribution >= 4 is 44.8 Å². The van der Waals surface area contributed by atoms with Crippen molar-refractivity contribution in [3.63, 3.8) is 0 Å². The summed E-state index contributed by atoms with van der Waals surface area (Å²) in [6, 6.07) is 14.2. The molecule has 1 aliphatic heterocycles. The molecule has 0 radical (unpaired) electrons. The van der Waals surface area contributed by atoms with E-state index in [4.69, 9.17) is 8.83 Å². The van der Waals surface area contributed by atoms with Gasteiger partial charge in [-0.05, 0) is 0 Å². The van der Waals surface area contributed by atoms with Gasteiger partial charge in [-0.2, -0.15) is 0 Å². The molecule has 0 atom stereocenters. The Bertz CT molecular complexity index is 644. The molecule has 3 rings (SSSR count). The van der Waals surface area contributed by atoms with Crippen LogP contribution in [-0.4, -0.2) is 27.5 Å². The molecule has 0 saturated carbocycles. The summed E-state index contributed by atoms with van der Waals surface area (Å²) >= 11 is -2.35. The third kappa shape index (κ3) is 1.64. The average molecular weight is 373 g/mol. The minimum absolute atomic E-state index is 0.400. The fourth-order valence-corrected chi connectivity index (χ4v) is 12.8. The van der Waals surface area contributed by atoms with Crippen LogP contribution in [0.25, 0.3) is 0 Å². The molecular formula is C12H8ClO2SSb. The van der Waals surface area contributed by atoms with Gasteiger partial charge in [0.15, 0.2) is 0 Å². The van der Waals surface area contributed by atoms with Crippen molar-refractivity contribution in [2.75, 3.05) is 0 Å². The Balaban J connectivity index is 2.42. The number of halogens is 1. The molecular weight excluding hydrogens is 365 g/mol. The van der Waals surface area contributed by atoms with Crippen LogP contribution >= 0.6 is 8.83 Å². The van der Waals surface area contributed by atoms with Crippen molar-refractivity contribution < 1.29 is 8.42 Å². The molecule has 0 unspecified atom stereocenters. The molecule has 86 valence electrons. The Morgan fingerprint density at radius 2 is 1.24 bits per heavy atom. The number of hydrogen-bond donors (Lipinski definition) is 0. The molecule has 17 heavy (non-hydrogen) atoms. The van der Waals surface area contributed by atoms with Gasteiger partial charge < -0.3 is 0 Å². The third-order valence-electron chi connectivity index (χ3n) is 2.73. The second-order valence-corrected chi connectivity index (χ2v) is 12.2. The van der Waals surface area contributed by atoms with E-state index in [-0.39, 0.29) is 0 Å². The van der Waals surface area contributed by atoms with Crippen LogP contribution in [0.4, 0.5) is 0 Å². The van der Waals surface area contributed by atoms with Crippen molar-refractivity contribution in [2.45, 2.75) is 9.79 Å². The van der Waals surface area contributed by atoms with E-state index in [0.29, 0.717) is 9.79 Å². The fraction of sp³-hybridized carbons (Fsp3) is 0. The number of sulfone groups is 1. The quantitative estimate of drug-likeness (QED) is 0.650. The van der Waals surface area contributed by atoms with Gasteiger partial charge in [-0.3, -0.25) is 0 Å². The molecule has 2 aromatic carbocycles. The van der Waals surface area contributed by atoms with Crippen molar-refractivity contribution in [2.24, 2.45) is 0 Å². The minimum atomic E-state index is -3.37. The van der Waals surface area contributed by atoms with Gasteiger partial charge in [0.2, 0.25) is 0 Å². The summed E-state index contributed by atoms with van der Waals surface area (Å²) in [5.41, 5.74) is 0. The topological polar surface area (TPSA) is 34.1 Å². The second kappa shape index (κ2) is 4.01. The molecule has 2 nitrogen and oxygen atoms in total. The summed E-state index contributed by atoms with van der Waals surface area (Å²) in [6.45, 7) is 0. The summed E-state index contributed by atoms with van der Waals surface area (Å²) in [5, 5.41) is 0. The molecule has 0 aromatic heterocycles. The van der Waals surface area contributed by atoms with E-state index in [0.717, 1.165) is 7.02 Å². The predicted molar refractivity (Wildman–Crippen MR) is 69.2 cm³/mol. The van der Waals surface area contributed by atoms with Crippen LogP contribution in [0.2, 0.25) is 0 Å². The maximum absolute atomic E-state index is 12.4. The van der Waals surface area contributed by atoms with Crippen LogP contribution in [0.3, 0.4) is 0 Å². The molecule has 5 heteroatoms. The number of hydrogen-bond acceptors (Lipinski definition) is 2. The van der Waals surface area contributed by atoms with E-state index in [1.807, 2.05) is 24.3 Å². The average Bonchev–Trinajstić information content (AvgIpc) is 2.37. The van der Waals surface area contributed by atoms with Gasteiger partial charge >= 0.3 is 111 Å². The SMILES string of the molecule is O=S1(=O)c2cccc[c]2[Sb]([Cl])[c]2ccccc21. The molecule has 0 N–H and O–H groups in total. The first-order chi connectivity index (χ1) is 8.12. The second-order valence-electron chi connectivity index (χ2n) is 3.72. The van der Waals surface area contributed by atoms with Gasteiger partial charge in [-0.1, -0.05) is 0 Å². The van der Waals surface area contributed by atoms with E-state index in [2.05, 4.69) is 0 Å². The normalized spacial score (nSPS) is 17.2. The summed E-state index contributed by atoms with van der Waals surface area (Å²) in [6.07, 6.45) is 0. The van der Waals surface area contributed by atoms with Crippen LogP contribution in [-0.2, 0) is 9.84 Å². The van der Waals surface area contributed by atoms with Crippen molar-refractivity contribution in [1.29, 1.82) is 0 Å². The Hall–Kier alpha value is -0.502. The molecule has 0 bridgehead atoms. The van der Waals surface area contributed by atoms with E-state index in [1.165, 1.54) is 0 Å². The Labute approximate surface area is 111 Å². The number of rotatable bonds is 0. The van der Waals surface area contributed by atoms with Gasteiger partial charge in [-0.25, -0.2) is 0 Å². The van der Waals surface area contributed by atoms with Crippen molar-refractivity contribution in [1.82, 2.24) is 0 Å². The molecule has 0 aliphatic carbocycles. The van der Waals surface area contributed by atoms with Crippen LogP contribution in [0, 0.1) is 0 Å². The Morgan fingerprint density at radius 3 is 1.71 bits per heavy atom. The van der Waals surface area contributed by atoms with Gasteiger partial charge in [-0.15, -0.1) is 0 Å². The first kappa shape index (κ1) is 11.6. The predicted octanol–water partition coefficient (Wildman–Crippen LogP) is 1.18. The molecule has 2 aromatic rings. The first-order valence-corrected chi connectivity index (χ1v) is 12.3. The Kier molecular flexibility index (Phi) is 2.73. The summed E-state index contributed by atoms with van der Waals surface area (Å²) in [7, 11) is 3.15. The molecule has 1 aliphatic rings. The summed E-state index contributed by atoms with van der Waals surface area (Å²) in [5.74, 6) is 0. The fourth-order valence-electron chi connectivity index (χ4n) is 1.94. The number of benzene rings is 2. The van der Waals surface area contributed by atoms with E-state index in [9.17, 15) is 8.42 Å². The Morgan fingerprint density at radius 1 is 0.824 bits per heavy atom. The molecule has 0 spiro atoms. The molecule has 0 saturated heterocycles. The van der Waals surface area contributed by atoms with E-state index >= 15 is 0 Å². The molecule has 0 fully saturated rings. The molecule has 1 heterocycles. The van der Waals surface area contributed by atoms with Gasteiger partial charge in [0.25, 0.3) is 0 Å². The summed E-state index contributed by atoms with van der Waals surface area (Å²) < 4.78 is 26.5. The van der Waals surface area contributed by atoms with Crippen LogP contribution in [0.5, 0.6) is 0 Å². The van der Waals surface area contributed by atoms with Crippen LogP contribution in [0.15, 0.2) is 58.3 Å². The van der Waals surface area contributed by atoms with Crippen LogP contribution in [0.1, 0.15) is 0 Å². The van der Waals surface area contributed by atoms with Gasteiger partial charge in [0.1, 0.15) is 0 Å². The van der Waals surface area contributed by atoms with Gasteiger partial charge in [0, 0.05) is 0 Å². The molecule has 0 amide bonds. The van der Waals surface area contributed by atoms with Crippen LogP contribution < -0.4 is 7.02 Å². The zero-order valence-electron chi connectivity index (χ0n) is 8.67. The van der Waals surface area contributed by atoms with Crippen molar-refractivity contribution in [3.8, 4) is 0 Å². The maximum atomic E-state index is 12.4. The van der Waals surface area contributed by atoms with E-state index in [1.54, 1.807) is 24.3 Å². The zero-order valence-corrected chi connectivity index (χ0v) is 12.8. The summed E-state index contributed by atoms with van der Waals surface area (Å²) in [4.78, 5) is 0.799. The monoisotopic (exact) mass is 372 g/mol. The third-order valence-corrected chi connectivity index (χ3v) is 12.6. The standard InChI is InChI=1S/C12H8O2S.ClH.Sb/c13-15(14,11-7-3-1-4-8-11)12-9-5-2-6-10-12;;/h1-7,9H;1H;/q;;+1/p-1. The zero-order chi connectivity index (χ0) is 12.0. The first-order valence-electron chi connectivity index (χ1n) is 5.01. The number of fused-ring (bicyclic) bond motifs is 2. The van der Waals surface area contributed by atoms with Crippen molar-refractivity contribution in [3.05, 3.63) is 48.5 Å².